The van der Waals surface area contributed by atoms with Gasteiger partial charge in [0.25, 0.3) is 0 Å². The van der Waals surface area contributed by atoms with Crippen molar-refractivity contribution in [2.45, 2.75) is 26.8 Å². The minimum Gasteiger partial charge on any atom is -0.396 e. The number of nitrogens with zero attached hydrogens (tertiary/aromatic N) is 1. The van der Waals surface area contributed by atoms with Gasteiger partial charge in [0.15, 0.2) is 0 Å². The van der Waals surface area contributed by atoms with E-state index in [1.54, 1.807) is 0 Å². The summed E-state index contributed by atoms with van der Waals surface area (Å²) in [6.45, 7) is 6.08. The van der Waals surface area contributed by atoms with Gasteiger partial charge in [-0.25, -0.2) is 0 Å². The zero-order valence-electron chi connectivity index (χ0n) is 11.0. The maximum atomic E-state index is 8.78. The number of pyridine rings is 1. The highest BCUT2D eigenvalue weighted by atomic mass is 16.3. The van der Waals surface area contributed by atoms with Crippen LogP contribution in [-0.4, -0.2) is 23.2 Å². The van der Waals surface area contributed by atoms with Crippen molar-refractivity contribution < 1.29 is 5.11 Å². The normalized spacial score (nSPS) is 11.1. The Hall–Kier alpha value is -1.45. The summed E-state index contributed by atoms with van der Waals surface area (Å²) < 4.78 is 0. The van der Waals surface area contributed by atoms with E-state index in [4.69, 9.17) is 5.11 Å². The maximum absolute atomic E-state index is 8.78. The summed E-state index contributed by atoms with van der Waals surface area (Å²) in [7, 11) is 0. The lowest BCUT2D eigenvalue weighted by atomic mass is 10.0. The Morgan fingerprint density at radius 2 is 2.00 bits per heavy atom. The number of rotatable bonds is 5. The third kappa shape index (κ3) is 2.68. The number of aromatic nitrogens is 1. The molecule has 96 valence electrons. The fourth-order valence-electron chi connectivity index (χ4n) is 2.16. The predicted octanol–water partition coefficient (Wildman–Crippen LogP) is 2.32. The maximum Gasteiger partial charge on any atom is 0.0708 e. The van der Waals surface area contributed by atoms with E-state index in [2.05, 4.69) is 42.3 Å². The van der Waals surface area contributed by atoms with Gasteiger partial charge in [0.2, 0.25) is 0 Å². The first-order valence-corrected chi connectivity index (χ1v) is 6.40. The van der Waals surface area contributed by atoms with E-state index < -0.39 is 0 Å². The second-order valence-electron chi connectivity index (χ2n) is 4.57. The molecule has 18 heavy (non-hydrogen) atoms. The van der Waals surface area contributed by atoms with Gasteiger partial charge in [0.05, 0.1) is 5.52 Å². The van der Waals surface area contributed by atoms with Gasteiger partial charge in [-0.2, -0.15) is 0 Å². The van der Waals surface area contributed by atoms with Gasteiger partial charge in [-0.1, -0.05) is 18.2 Å². The highest BCUT2D eigenvalue weighted by Gasteiger charge is 2.08. The van der Waals surface area contributed by atoms with Crippen molar-refractivity contribution in [2.75, 3.05) is 13.2 Å². The molecule has 2 rings (SSSR count). The predicted molar refractivity (Wildman–Crippen MR) is 74.6 cm³/mol. The zero-order valence-corrected chi connectivity index (χ0v) is 11.0. The van der Waals surface area contributed by atoms with Gasteiger partial charge >= 0.3 is 0 Å². The third-order valence-corrected chi connectivity index (χ3v) is 3.33. The zero-order chi connectivity index (χ0) is 13.0. The lowest BCUT2D eigenvalue weighted by molar-refractivity contribution is 0.286. The van der Waals surface area contributed by atoms with Crippen LogP contribution < -0.4 is 5.32 Å². The Labute approximate surface area is 108 Å². The van der Waals surface area contributed by atoms with E-state index in [0.29, 0.717) is 0 Å². The van der Waals surface area contributed by atoms with Gasteiger partial charge in [-0.05, 0) is 44.0 Å². The topological polar surface area (TPSA) is 45.2 Å². The second-order valence-corrected chi connectivity index (χ2v) is 4.57. The van der Waals surface area contributed by atoms with Crippen LogP contribution in [0.4, 0.5) is 0 Å². The van der Waals surface area contributed by atoms with Crippen LogP contribution in [0.1, 0.15) is 23.2 Å². The number of fused-ring (bicyclic) bond motifs is 1. The molecule has 0 atom stereocenters. The number of nitrogens with one attached hydrogen (secondary N) is 1. The van der Waals surface area contributed by atoms with Crippen LogP contribution in [0.25, 0.3) is 10.9 Å². The molecule has 2 N–H and O–H groups in total. The summed E-state index contributed by atoms with van der Waals surface area (Å²) >= 11 is 0. The summed E-state index contributed by atoms with van der Waals surface area (Å²) in [5.74, 6) is 0. The smallest absolute Gasteiger partial charge is 0.0708 e. The minimum absolute atomic E-state index is 0.238. The standard InChI is InChI=1S/C15H20N2O/c1-11-12(2)17-15-7-4-3-6-13(15)14(11)10-16-8-5-9-18/h3-4,6-7,16,18H,5,8-10H2,1-2H3. The quantitative estimate of drug-likeness (QED) is 0.793. The van der Waals surface area contributed by atoms with Crippen molar-refractivity contribution in [3.8, 4) is 0 Å². The van der Waals surface area contributed by atoms with Crippen LogP contribution in [0.5, 0.6) is 0 Å². The molecule has 0 saturated carbocycles. The van der Waals surface area contributed by atoms with Crippen LogP contribution in [0.2, 0.25) is 0 Å². The monoisotopic (exact) mass is 244 g/mol. The lowest BCUT2D eigenvalue weighted by Crippen LogP contribution is -2.17. The molecule has 0 bridgehead atoms. The number of aliphatic hydroxyl groups excluding tert-OH is 1. The molecule has 1 heterocycles. The van der Waals surface area contributed by atoms with E-state index in [1.807, 2.05) is 6.07 Å². The number of aryl methyl sites for hydroxylation is 1. The number of hydrogen-bond donors (Lipinski definition) is 2. The minimum atomic E-state index is 0.238. The first-order chi connectivity index (χ1) is 8.74. The number of para-hydroxylation sites is 1. The van der Waals surface area contributed by atoms with E-state index in [0.717, 1.165) is 30.7 Å². The van der Waals surface area contributed by atoms with Crippen molar-refractivity contribution in [2.24, 2.45) is 0 Å². The molecule has 2 aromatic rings. The van der Waals surface area contributed by atoms with E-state index in [1.165, 1.54) is 16.5 Å². The lowest BCUT2D eigenvalue weighted by Gasteiger charge is -2.13. The molecular formula is C15H20N2O. The molecule has 0 radical (unpaired) electrons. The summed E-state index contributed by atoms with van der Waals surface area (Å²) in [5.41, 5.74) is 4.72. The fourth-order valence-corrected chi connectivity index (χ4v) is 2.16. The van der Waals surface area contributed by atoms with Gasteiger partial charge in [-0.15, -0.1) is 0 Å². The Kier molecular flexibility index (Phi) is 4.28. The van der Waals surface area contributed by atoms with Crippen LogP contribution in [-0.2, 0) is 6.54 Å². The molecule has 3 heteroatoms. The van der Waals surface area contributed by atoms with Crippen molar-refractivity contribution in [1.29, 1.82) is 0 Å². The number of aliphatic hydroxyl groups is 1. The van der Waals surface area contributed by atoms with Crippen LogP contribution >= 0.6 is 0 Å². The second kappa shape index (κ2) is 5.94. The summed E-state index contributed by atoms with van der Waals surface area (Å²) in [6.07, 6.45) is 0.793. The van der Waals surface area contributed by atoms with E-state index in [9.17, 15) is 0 Å². The Balaban J connectivity index is 2.31. The SMILES string of the molecule is Cc1nc2ccccc2c(CNCCCO)c1C. The van der Waals surface area contributed by atoms with Crippen molar-refractivity contribution >= 4 is 10.9 Å². The van der Waals surface area contributed by atoms with Gasteiger partial charge < -0.3 is 10.4 Å². The first-order valence-electron chi connectivity index (χ1n) is 6.40. The first kappa shape index (κ1) is 13.0. The Morgan fingerprint density at radius 1 is 1.22 bits per heavy atom. The molecular weight excluding hydrogens is 224 g/mol. The number of benzene rings is 1. The molecule has 3 nitrogen and oxygen atoms in total. The molecule has 0 aliphatic rings. The highest BCUT2D eigenvalue weighted by Crippen LogP contribution is 2.22. The van der Waals surface area contributed by atoms with Crippen molar-refractivity contribution in [3.05, 3.63) is 41.1 Å². The van der Waals surface area contributed by atoms with Crippen LogP contribution in [0.3, 0.4) is 0 Å². The summed E-state index contributed by atoms with van der Waals surface area (Å²) in [5, 5.41) is 13.4. The molecule has 0 aliphatic heterocycles. The molecule has 0 unspecified atom stereocenters. The highest BCUT2D eigenvalue weighted by molar-refractivity contribution is 5.83. The summed E-state index contributed by atoms with van der Waals surface area (Å²) in [4.78, 5) is 4.61. The van der Waals surface area contributed by atoms with Crippen LogP contribution in [0.15, 0.2) is 24.3 Å². The molecule has 0 saturated heterocycles. The Morgan fingerprint density at radius 3 is 2.78 bits per heavy atom. The molecule has 1 aromatic heterocycles. The molecule has 0 aliphatic carbocycles. The van der Waals surface area contributed by atoms with Gasteiger partial charge in [0.1, 0.15) is 0 Å². The number of hydrogen-bond acceptors (Lipinski definition) is 3. The van der Waals surface area contributed by atoms with Crippen molar-refractivity contribution in [3.63, 3.8) is 0 Å². The molecule has 0 spiro atoms. The van der Waals surface area contributed by atoms with Gasteiger partial charge in [0, 0.05) is 24.2 Å². The fraction of sp³-hybridized carbons (Fsp3) is 0.400. The molecule has 0 amide bonds. The van der Waals surface area contributed by atoms with Crippen molar-refractivity contribution in [1.82, 2.24) is 10.3 Å². The van der Waals surface area contributed by atoms with E-state index in [-0.39, 0.29) is 6.61 Å². The average Bonchev–Trinajstić information content (AvgIpc) is 2.38. The average molecular weight is 244 g/mol. The van der Waals surface area contributed by atoms with Gasteiger partial charge in [-0.3, -0.25) is 4.98 Å². The van der Waals surface area contributed by atoms with E-state index >= 15 is 0 Å². The summed E-state index contributed by atoms with van der Waals surface area (Å²) in [6, 6.07) is 8.25. The Bertz CT molecular complexity index is 537. The molecule has 1 aromatic carbocycles. The molecule has 0 fully saturated rings. The third-order valence-electron chi connectivity index (χ3n) is 3.33. The van der Waals surface area contributed by atoms with Crippen LogP contribution in [0, 0.1) is 13.8 Å². The largest absolute Gasteiger partial charge is 0.396 e.